The monoisotopic (exact) mass is 189 g/mol. The standard InChI is InChI=1S/C11H15N3/c1-8(2)9(3)14-7-4-10-11(14)13-6-5-12-10/h4-9H,1-3H3. The number of fused-ring (bicyclic) bond motifs is 1. The van der Waals surface area contributed by atoms with E-state index >= 15 is 0 Å². The van der Waals surface area contributed by atoms with Crippen LogP contribution in [0, 0.1) is 5.92 Å². The Hall–Kier alpha value is -1.38. The molecule has 1 atom stereocenters. The Kier molecular flexibility index (Phi) is 2.23. The Balaban J connectivity index is 2.53. The van der Waals surface area contributed by atoms with Gasteiger partial charge in [0.2, 0.25) is 0 Å². The molecule has 0 spiro atoms. The van der Waals surface area contributed by atoms with E-state index in [0.29, 0.717) is 12.0 Å². The number of hydrogen-bond donors (Lipinski definition) is 0. The predicted octanol–water partition coefficient (Wildman–Crippen LogP) is 2.65. The highest BCUT2D eigenvalue weighted by Gasteiger charge is 2.12. The summed E-state index contributed by atoms with van der Waals surface area (Å²) in [5.74, 6) is 0.604. The van der Waals surface area contributed by atoms with E-state index in [4.69, 9.17) is 0 Å². The average molecular weight is 189 g/mol. The van der Waals surface area contributed by atoms with Crippen molar-refractivity contribution in [2.24, 2.45) is 5.92 Å². The molecule has 0 aliphatic rings. The minimum absolute atomic E-state index is 0.462. The van der Waals surface area contributed by atoms with Gasteiger partial charge in [0, 0.05) is 24.6 Å². The highest BCUT2D eigenvalue weighted by Crippen LogP contribution is 2.21. The quantitative estimate of drug-likeness (QED) is 0.727. The molecule has 3 heteroatoms. The second-order valence-electron chi connectivity index (χ2n) is 3.97. The Morgan fingerprint density at radius 2 is 1.86 bits per heavy atom. The van der Waals surface area contributed by atoms with Crippen LogP contribution in [0.25, 0.3) is 11.2 Å². The summed E-state index contributed by atoms with van der Waals surface area (Å²) in [4.78, 5) is 8.61. The average Bonchev–Trinajstić information content (AvgIpc) is 2.60. The van der Waals surface area contributed by atoms with Crippen molar-refractivity contribution in [1.29, 1.82) is 0 Å². The molecule has 0 aromatic carbocycles. The van der Waals surface area contributed by atoms with Crippen molar-refractivity contribution >= 4 is 11.2 Å². The summed E-state index contributed by atoms with van der Waals surface area (Å²) in [6, 6.07) is 2.48. The van der Waals surface area contributed by atoms with Gasteiger partial charge >= 0.3 is 0 Å². The van der Waals surface area contributed by atoms with E-state index in [1.54, 1.807) is 12.4 Å². The highest BCUT2D eigenvalue weighted by atomic mass is 15.1. The molecule has 0 saturated carbocycles. The van der Waals surface area contributed by atoms with Crippen LogP contribution in [0.4, 0.5) is 0 Å². The van der Waals surface area contributed by atoms with E-state index in [2.05, 4.69) is 41.5 Å². The summed E-state index contributed by atoms with van der Waals surface area (Å²) >= 11 is 0. The van der Waals surface area contributed by atoms with Gasteiger partial charge in [-0.1, -0.05) is 13.8 Å². The van der Waals surface area contributed by atoms with Gasteiger partial charge in [-0.05, 0) is 18.9 Å². The third-order valence-electron chi connectivity index (χ3n) is 2.75. The first-order chi connectivity index (χ1) is 6.70. The molecule has 2 heterocycles. The smallest absolute Gasteiger partial charge is 0.158 e. The molecule has 3 nitrogen and oxygen atoms in total. The van der Waals surface area contributed by atoms with Gasteiger partial charge in [-0.25, -0.2) is 4.98 Å². The third-order valence-corrected chi connectivity index (χ3v) is 2.75. The van der Waals surface area contributed by atoms with Crippen LogP contribution >= 0.6 is 0 Å². The van der Waals surface area contributed by atoms with Crippen LogP contribution in [0.15, 0.2) is 24.7 Å². The summed E-state index contributed by atoms with van der Waals surface area (Å²) < 4.78 is 2.19. The lowest BCUT2D eigenvalue weighted by Gasteiger charge is -2.17. The fourth-order valence-corrected chi connectivity index (χ4v) is 1.53. The molecule has 74 valence electrons. The molecule has 0 N–H and O–H groups in total. The maximum absolute atomic E-state index is 4.35. The van der Waals surface area contributed by atoms with Crippen LogP contribution in [0.3, 0.4) is 0 Å². The number of hydrogen-bond acceptors (Lipinski definition) is 2. The van der Waals surface area contributed by atoms with Crippen LogP contribution in [0.5, 0.6) is 0 Å². The Morgan fingerprint density at radius 1 is 1.14 bits per heavy atom. The minimum atomic E-state index is 0.462. The van der Waals surface area contributed by atoms with Crippen LogP contribution in [-0.2, 0) is 0 Å². The zero-order valence-corrected chi connectivity index (χ0v) is 8.81. The molecule has 0 aliphatic heterocycles. The van der Waals surface area contributed by atoms with Crippen molar-refractivity contribution in [3.8, 4) is 0 Å². The summed E-state index contributed by atoms with van der Waals surface area (Å²) in [5, 5.41) is 0. The lowest BCUT2D eigenvalue weighted by molar-refractivity contribution is 0.417. The molecule has 0 radical (unpaired) electrons. The molecule has 2 rings (SSSR count). The van der Waals surface area contributed by atoms with E-state index in [0.717, 1.165) is 11.2 Å². The lowest BCUT2D eigenvalue weighted by Crippen LogP contribution is -2.10. The summed E-state index contributed by atoms with van der Waals surface area (Å²) in [6.45, 7) is 6.64. The van der Waals surface area contributed by atoms with Gasteiger partial charge in [-0.2, -0.15) is 0 Å². The Bertz CT molecular complexity index is 431. The number of aromatic nitrogens is 3. The van der Waals surface area contributed by atoms with Crippen molar-refractivity contribution in [3.05, 3.63) is 24.7 Å². The normalized spacial score (nSPS) is 13.7. The first-order valence-corrected chi connectivity index (χ1v) is 4.97. The minimum Gasteiger partial charge on any atom is -0.328 e. The van der Waals surface area contributed by atoms with E-state index in [-0.39, 0.29) is 0 Å². The summed E-state index contributed by atoms with van der Waals surface area (Å²) in [6.07, 6.45) is 5.54. The Morgan fingerprint density at radius 3 is 2.57 bits per heavy atom. The first-order valence-electron chi connectivity index (χ1n) is 4.97. The molecule has 0 fully saturated rings. The molecule has 0 saturated heterocycles. The second kappa shape index (κ2) is 3.40. The maximum Gasteiger partial charge on any atom is 0.158 e. The van der Waals surface area contributed by atoms with Gasteiger partial charge in [-0.15, -0.1) is 0 Å². The molecule has 14 heavy (non-hydrogen) atoms. The third kappa shape index (κ3) is 1.39. The van der Waals surface area contributed by atoms with Gasteiger partial charge in [-0.3, -0.25) is 4.98 Å². The van der Waals surface area contributed by atoms with Crippen LogP contribution in [0.1, 0.15) is 26.8 Å². The van der Waals surface area contributed by atoms with Gasteiger partial charge in [0.25, 0.3) is 0 Å². The fraction of sp³-hybridized carbons (Fsp3) is 0.455. The summed E-state index contributed by atoms with van der Waals surface area (Å²) in [7, 11) is 0. The first kappa shape index (κ1) is 9.19. The molecule has 2 aromatic rings. The van der Waals surface area contributed by atoms with Crippen molar-refractivity contribution < 1.29 is 0 Å². The van der Waals surface area contributed by atoms with E-state index in [1.165, 1.54) is 0 Å². The van der Waals surface area contributed by atoms with Crippen LogP contribution in [0.2, 0.25) is 0 Å². The molecule has 0 bridgehead atoms. The van der Waals surface area contributed by atoms with E-state index < -0.39 is 0 Å². The zero-order valence-electron chi connectivity index (χ0n) is 8.81. The molecule has 2 aromatic heterocycles. The van der Waals surface area contributed by atoms with Crippen molar-refractivity contribution in [3.63, 3.8) is 0 Å². The number of rotatable bonds is 2. The molecule has 1 unspecified atom stereocenters. The summed E-state index contributed by atoms with van der Waals surface area (Å²) in [5.41, 5.74) is 1.95. The van der Waals surface area contributed by atoms with Gasteiger partial charge in [0.1, 0.15) is 5.52 Å². The van der Waals surface area contributed by atoms with Crippen molar-refractivity contribution in [2.75, 3.05) is 0 Å². The van der Waals surface area contributed by atoms with Crippen LogP contribution < -0.4 is 0 Å². The van der Waals surface area contributed by atoms with Crippen molar-refractivity contribution in [2.45, 2.75) is 26.8 Å². The van der Waals surface area contributed by atoms with Gasteiger partial charge in [0.15, 0.2) is 5.65 Å². The number of nitrogens with zero attached hydrogens (tertiary/aromatic N) is 3. The lowest BCUT2D eigenvalue weighted by atomic mass is 10.1. The highest BCUT2D eigenvalue weighted by molar-refractivity contribution is 5.70. The van der Waals surface area contributed by atoms with E-state index in [9.17, 15) is 0 Å². The SMILES string of the molecule is CC(C)C(C)n1ccc2nccnc21. The molecular formula is C11H15N3. The van der Waals surface area contributed by atoms with Crippen molar-refractivity contribution in [1.82, 2.24) is 14.5 Å². The largest absolute Gasteiger partial charge is 0.328 e. The van der Waals surface area contributed by atoms with Gasteiger partial charge < -0.3 is 4.57 Å². The topological polar surface area (TPSA) is 30.7 Å². The second-order valence-corrected chi connectivity index (χ2v) is 3.97. The molecular weight excluding hydrogens is 174 g/mol. The Labute approximate surface area is 83.8 Å². The van der Waals surface area contributed by atoms with Crippen LogP contribution in [-0.4, -0.2) is 14.5 Å². The fourth-order valence-electron chi connectivity index (χ4n) is 1.53. The van der Waals surface area contributed by atoms with Gasteiger partial charge in [0.05, 0.1) is 0 Å². The molecule has 0 aliphatic carbocycles. The zero-order chi connectivity index (χ0) is 10.1. The predicted molar refractivity (Wildman–Crippen MR) is 57.1 cm³/mol. The maximum atomic E-state index is 4.35. The molecule has 0 amide bonds. The van der Waals surface area contributed by atoms with E-state index in [1.807, 2.05) is 6.07 Å².